The number of hydrogen-bond donors (Lipinski definition) is 0. The highest BCUT2D eigenvalue weighted by molar-refractivity contribution is 7.18. The van der Waals surface area contributed by atoms with E-state index >= 15 is 0 Å². The molecule has 0 aliphatic heterocycles. The number of thiophene rings is 1. The molecule has 20 heavy (non-hydrogen) atoms. The molecule has 0 aliphatic rings. The van der Waals surface area contributed by atoms with Gasteiger partial charge in [-0.25, -0.2) is 4.98 Å². The summed E-state index contributed by atoms with van der Waals surface area (Å²) in [4.78, 5) is 21.5. The summed E-state index contributed by atoms with van der Waals surface area (Å²) in [6, 6.07) is 0. The maximum Gasteiger partial charge on any atom is 0.262 e. The zero-order chi connectivity index (χ0) is 15.0. The van der Waals surface area contributed by atoms with E-state index in [2.05, 4.69) is 6.58 Å². The first kappa shape index (κ1) is 14.9. The standard InChI is InChI=1S/C15H21N3OS/c1-9(2)7-18-12(8-17(5)6)16-14-13(15(18)19)10(3)11(4)20-14/h1,7-8H2,2-6H3. The van der Waals surface area contributed by atoms with Crippen LogP contribution < -0.4 is 5.56 Å². The fourth-order valence-electron chi connectivity index (χ4n) is 2.21. The van der Waals surface area contributed by atoms with Crippen molar-refractivity contribution in [2.24, 2.45) is 0 Å². The van der Waals surface area contributed by atoms with E-state index in [4.69, 9.17) is 4.98 Å². The molecular weight excluding hydrogens is 270 g/mol. The Morgan fingerprint density at radius 1 is 1.40 bits per heavy atom. The van der Waals surface area contributed by atoms with Crippen molar-refractivity contribution in [2.75, 3.05) is 14.1 Å². The van der Waals surface area contributed by atoms with Gasteiger partial charge in [-0.05, 0) is 40.4 Å². The highest BCUT2D eigenvalue weighted by Gasteiger charge is 2.16. The van der Waals surface area contributed by atoms with Gasteiger partial charge in [-0.3, -0.25) is 9.36 Å². The minimum atomic E-state index is 0.0525. The molecule has 2 aromatic rings. The van der Waals surface area contributed by atoms with Crippen LogP contribution in [-0.2, 0) is 13.1 Å². The Morgan fingerprint density at radius 2 is 2.05 bits per heavy atom. The van der Waals surface area contributed by atoms with Gasteiger partial charge in [-0.2, -0.15) is 0 Å². The van der Waals surface area contributed by atoms with Crippen LogP contribution in [0.3, 0.4) is 0 Å². The summed E-state index contributed by atoms with van der Waals surface area (Å²) >= 11 is 1.60. The first-order valence-electron chi connectivity index (χ1n) is 6.59. The molecule has 0 radical (unpaired) electrons. The quantitative estimate of drug-likeness (QED) is 0.813. The molecule has 0 spiro atoms. The van der Waals surface area contributed by atoms with Gasteiger partial charge < -0.3 is 4.90 Å². The first-order chi connectivity index (χ1) is 9.31. The molecule has 0 N–H and O–H groups in total. The lowest BCUT2D eigenvalue weighted by atomic mass is 10.2. The second kappa shape index (κ2) is 5.50. The minimum absolute atomic E-state index is 0.0525. The van der Waals surface area contributed by atoms with E-state index in [1.54, 1.807) is 15.9 Å². The molecule has 2 rings (SSSR count). The fourth-order valence-corrected chi connectivity index (χ4v) is 3.24. The van der Waals surface area contributed by atoms with Crippen molar-refractivity contribution < 1.29 is 0 Å². The Kier molecular flexibility index (Phi) is 4.11. The van der Waals surface area contributed by atoms with E-state index in [0.29, 0.717) is 13.1 Å². The molecule has 2 aromatic heterocycles. The van der Waals surface area contributed by atoms with Crippen molar-refractivity contribution in [1.29, 1.82) is 0 Å². The predicted octanol–water partition coefficient (Wildman–Crippen LogP) is 2.71. The number of nitrogens with zero attached hydrogens (tertiary/aromatic N) is 3. The van der Waals surface area contributed by atoms with Gasteiger partial charge in [0.1, 0.15) is 10.7 Å². The Hall–Kier alpha value is -1.46. The van der Waals surface area contributed by atoms with E-state index in [1.165, 1.54) is 0 Å². The smallest absolute Gasteiger partial charge is 0.262 e. The van der Waals surface area contributed by atoms with Crippen LogP contribution in [0.15, 0.2) is 16.9 Å². The summed E-state index contributed by atoms with van der Waals surface area (Å²) in [6.45, 7) is 11.1. The summed E-state index contributed by atoms with van der Waals surface area (Å²) in [7, 11) is 3.96. The van der Waals surface area contributed by atoms with Crippen LogP contribution in [0, 0.1) is 13.8 Å². The molecule has 0 unspecified atom stereocenters. The highest BCUT2D eigenvalue weighted by Crippen LogP contribution is 2.26. The maximum atomic E-state index is 12.8. The van der Waals surface area contributed by atoms with Gasteiger partial charge in [-0.1, -0.05) is 12.2 Å². The third-order valence-corrected chi connectivity index (χ3v) is 4.35. The summed E-state index contributed by atoms with van der Waals surface area (Å²) in [6.07, 6.45) is 0. The second-order valence-electron chi connectivity index (χ2n) is 5.58. The number of allylic oxidation sites excluding steroid dienone is 1. The highest BCUT2D eigenvalue weighted by atomic mass is 32.1. The lowest BCUT2D eigenvalue weighted by molar-refractivity contribution is 0.379. The number of aromatic nitrogens is 2. The van der Waals surface area contributed by atoms with Gasteiger partial charge in [-0.15, -0.1) is 11.3 Å². The molecule has 0 saturated heterocycles. The molecule has 0 aliphatic carbocycles. The maximum absolute atomic E-state index is 12.8. The van der Waals surface area contributed by atoms with Crippen molar-refractivity contribution >= 4 is 21.6 Å². The monoisotopic (exact) mass is 291 g/mol. The van der Waals surface area contributed by atoms with E-state index in [9.17, 15) is 4.79 Å². The Bertz CT molecular complexity index is 725. The van der Waals surface area contributed by atoms with Gasteiger partial charge in [0.15, 0.2) is 0 Å². The second-order valence-corrected chi connectivity index (χ2v) is 6.78. The largest absolute Gasteiger partial charge is 0.302 e. The summed E-state index contributed by atoms with van der Waals surface area (Å²) < 4.78 is 1.75. The van der Waals surface area contributed by atoms with E-state index in [0.717, 1.165) is 32.1 Å². The molecule has 0 bridgehead atoms. The molecule has 0 atom stereocenters. The normalized spacial score (nSPS) is 11.5. The zero-order valence-corrected chi connectivity index (χ0v) is 13.6. The molecule has 0 aromatic carbocycles. The molecular formula is C15H21N3OS. The number of rotatable bonds is 4. The van der Waals surface area contributed by atoms with Crippen molar-refractivity contribution in [3.8, 4) is 0 Å². The van der Waals surface area contributed by atoms with E-state index < -0.39 is 0 Å². The van der Waals surface area contributed by atoms with E-state index in [-0.39, 0.29) is 5.56 Å². The summed E-state index contributed by atoms with van der Waals surface area (Å²) in [5.41, 5.74) is 2.06. The minimum Gasteiger partial charge on any atom is -0.302 e. The van der Waals surface area contributed by atoms with Crippen LogP contribution in [0.2, 0.25) is 0 Å². The zero-order valence-electron chi connectivity index (χ0n) is 12.8. The fraction of sp³-hybridized carbons (Fsp3) is 0.467. The lowest BCUT2D eigenvalue weighted by Crippen LogP contribution is -2.28. The number of aryl methyl sites for hydroxylation is 2. The third kappa shape index (κ3) is 2.69. The van der Waals surface area contributed by atoms with Crippen LogP contribution in [0.1, 0.15) is 23.2 Å². The van der Waals surface area contributed by atoms with Crippen molar-refractivity contribution in [2.45, 2.75) is 33.9 Å². The van der Waals surface area contributed by atoms with Crippen LogP contribution >= 0.6 is 11.3 Å². The van der Waals surface area contributed by atoms with Gasteiger partial charge >= 0.3 is 0 Å². The Morgan fingerprint density at radius 3 is 2.60 bits per heavy atom. The van der Waals surface area contributed by atoms with Crippen molar-refractivity contribution in [1.82, 2.24) is 14.5 Å². The number of fused-ring (bicyclic) bond motifs is 1. The molecule has 0 amide bonds. The Labute approximate surface area is 123 Å². The van der Waals surface area contributed by atoms with Crippen molar-refractivity contribution in [3.63, 3.8) is 0 Å². The predicted molar refractivity (Wildman–Crippen MR) is 85.6 cm³/mol. The molecule has 0 saturated carbocycles. The van der Waals surface area contributed by atoms with Crippen molar-refractivity contribution in [3.05, 3.63) is 38.8 Å². The Balaban J connectivity index is 2.76. The SMILES string of the molecule is C=C(C)Cn1c(CN(C)C)nc2sc(C)c(C)c2c1=O. The van der Waals surface area contributed by atoms with Crippen LogP contribution in [0.25, 0.3) is 10.2 Å². The molecule has 2 heterocycles. The average Bonchev–Trinajstić information content (AvgIpc) is 2.59. The van der Waals surface area contributed by atoms with E-state index in [1.807, 2.05) is 39.8 Å². The average molecular weight is 291 g/mol. The number of hydrogen-bond acceptors (Lipinski definition) is 4. The molecule has 5 heteroatoms. The molecule has 108 valence electrons. The van der Waals surface area contributed by atoms with Gasteiger partial charge in [0.25, 0.3) is 5.56 Å². The summed E-state index contributed by atoms with van der Waals surface area (Å²) in [5.74, 6) is 0.803. The third-order valence-electron chi connectivity index (χ3n) is 3.25. The van der Waals surface area contributed by atoms with Crippen LogP contribution in [0.5, 0.6) is 0 Å². The van der Waals surface area contributed by atoms with Gasteiger partial charge in [0.05, 0.1) is 11.9 Å². The van der Waals surface area contributed by atoms with Crippen LogP contribution in [-0.4, -0.2) is 28.5 Å². The van der Waals surface area contributed by atoms with Crippen LogP contribution in [0.4, 0.5) is 0 Å². The lowest BCUT2D eigenvalue weighted by Gasteiger charge is -2.15. The molecule has 0 fully saturated rings. The topological polar surface area (TPSA) is 38.1 Å². The summed E-state index contributed by atoms with van der Waals surface area (Å²) in [5, 5.41) is 0.760. The van der Waals surface area contributed by atoms with Gasteiger partial charge in [0, 0.05) is 11.4 Å². The van der Waals surface area contributed by atoms with Gasteiger partial charge in [0.2, 0.25) is 0 Å². The first-order valence-corrected chi connectivity index (χ1v) is 7.41. The molecule has 4 nitrogen and oxygen atoms in total.